The van der Waals surface area contributed by atoms with E-state index in [4.69, 9.17) is 5.73 Å². The van der Waals surface area contributed by atoms with E-state index in [0.29, 0.717) is 13.1 Å². The lowest BCUT2D eigenvalue weighted by atomic mass is 10.1. The van der Waals surface area contributed by atoms with E-state index in [-0.39, 0.29) is 11.8 Å². The zero-order valence-corrected chi connectivity index (χ0v) is 7.32. The summed E-state index contributed by atoms with van der Waals surface area (Å²) in [6.07, 6.45) is 1.03. The van der Waals surface area contributed by atoms with Gasteiger partial charge in [0.15, 0.2) is 0 Å². The molecule has 0 aromatic heterocycles. The zero-order valence-electron chi connectivity index (χ0n) is 6.51. The molecule has 3 nitrogen and oxygen atoms in total. The molecule has 0 aliphatic carbocycles. The van der Waals surface area contributed by atoms with Gasteiger partial charge in [-0.25, -0.2) is 0 Å². The molecule has 1 aliphatic rings. The van der Waals surface area contributed by atoms with Gasteiger partial charge in [-0.05, 0) is 12.2 Å². The van der Waals surface area contributed by atoms with Crippen molar-refractivity contribution < 1.29 is 4.79 Å². The molecule has 1 unspecified atom stereocenters. The minimum Gasteiger partial charge on any atom is -0.355 e. The number of nitrogens with one attached hydrogen (secondary N) is 1. The maximum absolute atomic E-state index is 11.2. The quantitative estimate of drug-likeness (QED) is 0.624. The normalized spacial score (nSPS) is 23.5. The first kappa shape index (κ1) is 8.87. The molecule has 1 fully saturated rings. The molecule has 1 atom stereocenters. The summed E-state index contributed by atoms with van der Waals surface area (Å²) in [6.45, 7) is 1.14. The van der Waals surface area contributed by atoms with Gasteiger partial charge in [-0.2, -0.15) is 11.8 Å². The number of nitrogens with two attached hydrogens (primary N) is 1. The number of carbonyl (C=O) groups is 1. The number of thioether (sulfide) groups is 1. The summed E-state index contributed by atoms with van der Waals surface area (Å²) in [5.74, 6) is 2.53. The van der Waals surface area contributed by atoms with E-state index in [2.05, 4.69) is 5.32 Å². The highest BCUT2D eigenvalue weighted by molar-refractivity contribution is 7.99. The molecule has 1 rings (SSSR count). The molecule has 3 N–H and O–H groups in total. The van der Waals surface area contributed by atoms with E-state index in [0.717, 1.165) is 17.9 Å². The third-order valence-corrected chi connectivity index (χ3v) is 2.91. The highest BCUT2D eigenvalue weighted by Crippen LogP contribution is 2.23. The van der Waals surface area contributed by atoms with E-state index >= 15 is 0 Å². The van der Waals surface area contributed by atoms with Gasteiger partial charge in [-0.3, -0.25) is 4.79 Å². The standard InChI is InChI=1S/C7H14N2OS/c8-2-3-9-7(10)6-1-4-11-5-6/h6H,1-5,8H2,(H,9,10). The molecule has 1 amide bonds. The van der Waals surface area contributed by atoms with Crippen LogP contribution in [0.25, 0.3) is 0 Å². The predicted octanol–water partition coefficient (Wildman–Crippen LogP) is -0.186. The highest BCUT2D eigenvalue weighted by Gasteiger charge is 2.22. The summed E-state index contributed by atoms with van der Waals surface area (Å²) in [5.41, 5.74) is 5.26. The average molecular weight is 174 g/mol. The van der Waals surface area contributed by atoms with Crippen LogP contribution >= 0.6 is 11.8 Å². The monoisotopic (exact) mass is 174 g/mol. The number of hydrogen-bond donors (Lipinski definition) is 2. The first-order valence-electron chi connectivity index (χ1n) is 3.90. The zero-order chi connectivity index (χ0) is 8.10. The van der Waals surface area contributed by atoms with Gasteiger partial charge in [-0.1, -0.05) is 0 Å². The first-order valence-corrected chi connectivity index (χ1v) is 5.05. The van der Waals surface area contributed by atoms with E-state index in [1.54, 1.807) is 0 Å². The lowest BCUT2D eigenvalue weighted by molar-refractivity contribution is -0.124. The maximum atomic E-state index is 11.2. The Hall–Kier alpha value is -0.220. The number of hydrogen-bond acceptors (Lipinski definition) is 3. The van der Waals surface area contributed by atoms with Crippen molar-refractivity contribution in [3.05, 3.63) is 0 Å². The smallest absolute Gasteiger partial charge is 0.224 e. The largest absolute Gasteiger partial charge is 0.355 e. The van der Waals surface area contributed by atoms with Gasteiger partial charge >= 0.3 is 0 Å². The molecule has 1 aliphatic heterocycles. The van der Waals surface area contributed by atoms with E-state index in [9.17, 15) is 4.79 Å². The molecular formula is C7H14N2OS. The average Bonchev–Trinajstić information content (AvgIpc) is 2.52. The van der Waals surface area contributed by atoms with E-state index in [1.165, 1.54) is 0 Å². The number of rotatable bonds is 3. The van der Waals surface area contributed by atoms with Gasteiger partial charge in [0.05, 0.1) is 0 Å². The highest BCUT2D eigenvalue weighted by atomic mass is 32.2. The molecule has 1 saturated heterocycles. The molecule has 0 spiro atoms. The van der Waals surface area contributed by atoms with Crippen LogP contribution in [0.15, 0.2) is 0 Å². The van der Waals surface area contributed by atoms with Crippen LogP contribution in [0.1, 0.15) is 6.42 Å². The molecule has 1 heterocycles. The molecular weight excluding hydrogens is 160 g/mol. The fourth-order valence-corrected chi connectivity index (χ4v) is 2.30. The van der Waals surface area contributed by atoms with Crippen molar-refractivity contribution in [1.82, 2.24) is 5.32 Å². The molecule has 0 radical (unpaired) electrons. The van der Waals surface area contributed by atoms with Crippen LogP contribution in [0, 0.1) is 5.92 Å². The molecule has 0 saturated carbocycles. The van der Waals surface area contributed by atoms with E-state index < -0.39 is 0 Å². The van der Waals surface area contributed by atoms with Crippen LogP contribution < -0.4 is 11.1 Å². The second kappa shape index (κ2) is 4.62. The van der Waals surface area contributed by atoms with Crippen molar-refractivity contribution in [1.29, 1.82) is 0 Å². The van der Waals surface area contributed by atoms with Gasteiger partial charge < -0.3 is 11.1 Å². The topological polar surface area (TPSA) is 55.1 Å². The minimum absolute atomic E-state index is 0.181. The van der Waals surface area contributed by atoms with Crippen molar-refractivity contribution in [2.45, 2.75) is 6.42 Å². The predicted molar refractivity (Wildman–Crippen MR) is 47.5 cm³/mol. The molecule has 11 heavy (non-hydrogen) atoms. The Morgan fingerprint density at radius 2 is 2.55 bits per heavy atom. The minimum atomic E-state index is 0.181. The third-order valence-electron chi connectivity index (χ3n) is 1.74. The van der Waals surface area contributed by atoms with Crippen molar-refractivity contribution in [3.8, 4) is 0 Å². The van der Waals surface area contributed by atoms with Crippen molar-refractivity contribution in [2.75, 3.05) is 24.6 Å². The van der Waals surface area contributed by atoms with E-state index in [1.807, 2.05) is 11.8 Å². The first-order chi connectivity index (χ1) is 5.34. The van der Waals surface area contributed by atoms with Crippen molar-refractivity contribution in [2.24, 2.45) is 11.7 Å². The van der Waals surface area contributed by atoms with Crippen LogP contribution in [0.2, 0.25) is 0 Å². The summed E-state index contributed by atoms with van der Waals surface area (Å²) in [4.78, 5) is 11.2. The Balaban J connectivity index is 2.17. The Kier molecular flexibility index (Phi) is 3.72. The summed E-state index contributed by atoms with van der Waals surface area (Å²) >= 11 is 1.85. The molecule has 4 heteroatoms. The van der Waals surface area contributed by atoms with Crippen LogP contribution in [0.5, 0.6) is 0 Å². The van der Waals surface area contributed by atoms with Crippen molar-refractivity contribution in [3.63, 3.8) is 0 Å². The fraction of sp³-hybridized carbons (Fsp3) is 0.857. The fourth-order valence-electron chi connectivity index (χ4n) is 1.08. The second-order valence-corrected chi connectivity index (χ2v) is 3.79. The van der Waals surface area contributed by atoms with Crippen LogP contribution in [0.4, 0.5) is 0 Å². The van der Waals surface area contributed by atoms with Crippen LogP contribution in [-0.2, 0) is 4.79 Å². The van der Waals surface area contributed by atoms with Crippen molar-refractivity contribution >= 4 is 17.7 Å². The molecule has 0 aromatic rings. The Morgan fingerprint density at radius 1 is 1.73 bits per heavy atom. The van der Waals surface area contributed by atoms with Gasteiger partial charge in [-0.15, -0.1) is 0 Å². The molecule has 0 bridgehead atoms. The Morgan fingerprint density at radius 3 is 3.09 bits per heavy atom. The van der Waals surface area contributed by atoms with Gasteiger partial charge in [0.25, 0.3) is 0 Å². The summed E-state index contributed by atoms with van der Waals surface area (Å²) in [7, 11) is 0. The lowest BCUT2D eigenvalue weighted by Gasteiger charge is -2.07. The number of carbonyl (C=O) groups excluding carboxylic acids is 1. The van der Waals surface area contributed by atoms with Crippen LogP contribution in [-0.4, -0.2) is 30.5 Å². The second-order valence-electron chi connectivity index (χ2n) is 2.64. The van der Waals surface area contributed by atoms with Crippen LogP contribution in [0.3, 0.4) is 0 Å². The van der Waals surface area contributed by atoms with Gasteiger partial charge in [0.1, 0.15) is 0 Å². The SMILES string of the molecule is NCCNC(=O)C1CCSC1. The van der Waals surface area contributed by atoms with Gasteiger partial charge in [0.2, 0.25) is 5.91 Å². The summed E-state index contributed by atoms with van der Waals surface area (Å²) in [5, 5.41) is 2.80. The molecule has 0 aromatic carbocycles. The Bertz CT molecular complexity index is 134. The number of amides is 1. The lowest BCUT2D eigenvalue weighted by Crippen LogP contribution is -2.34. The maximum Gasteiger partial charge on any atom is 0.224 e. The Labute approximate surface area is 71.1 Å². The third kappa shape index (κ3) is 2.71. The summed E-state index contributed by atoms with van der Waals surface area (Å²) < 4.78 is 0. The molecule has 64 valence electrons. The summed E-state index contributed by atoms with van der Waals surface area (Å²) in [6, 6.07) is 0. The van der Waals surface area contributed by atoms with Gasteiger partial charge in [0, 0.05) is 24.8 Å².